The lowest BCUT2D eigenvalue weighted by Gasteiger charge is -2.08. The van der Waals surface area contributed by atoms with E-state index in [4.69, 9.17) is 14.2 Å². The normalized spacial score (nSPS) is 10.3. The van der Waals surface area contributed by atoms with E-state index in [-0.39, 0.29) is 5.75 Å². The van der Waals surface area contributed by atoms with Gasteiger partial charge in [-0.25, -0.2) is 9.59 Å². The average Bonchev–Trinajstić information content (AvgIpc) is 2.85. The molecule has 0 atom stereocenters. The first-order valence-electron chi connectivity index (χ1n) is 10.1. The summed E-state index contributed by atoms with van der Waals surface area (Å²) in [7, 11) is 1.56. The number of carbonyl (C=O) groups excluding carboxylic acids is 2. The molecule has 0 amide bonds. The molecule has 0 aliphatic rings. The number of methoxy groups -OCH3 is 1. The first-order valence-corrected chi connectivity index (χ1v) is 10.1. The molecule has 6 heteroatoms. The van der Waals surface area contributed by atoms with Gasteiger partial charge in [-0.3, -0.25) is 0 Å². The fraction of sp³-hybridized carbons (Fsp3) is 0.0370. The van der Waals surface area contributed by atoms with Crippen LogP contribution in [0.3, 0.4) is 0 Å². The number of carbonyl (C=O) groups is 2. The first kappa shape index (κ1) is 21.6. The second-order valence-electron chi connectivity index (χ2n) is 7.10. The Kier molecular flexibility index (Phi) is 6.36. The summed E-state index contributed by atoms with van der Waals surface area (Å²) >= 11 is 0. The molecule has 6 nitrogen and oxygen atoms in total. The van der Waals surface area contributed by atoms with Crippen molar-refractivity contribution in [2.45, 2.75) is 0 Å². The number of hydrogen-bond acceptors (Lipinski definition) is 6. The van der Waals surface area contributed by atoms with Crippen molar-refractivity contribution in [1.82, 2.24) is 0 Å². The largest absolute Gasteiger partial charge is 0.508 e. The zero-order valence-electron chi connectivity index (χ0n) is 17.7. The van der Waals surface area contributed by atoms with Gasteiger partial charge in [0.05, 0.1) is 18.2 Å². The molecular weight excluding hydrogens is 420 g/mol. The van der Waals surface area contributed by atoms with E-state index in [2.05, 4.69) is 0 Å². The molecule has 0 spiro atoms. The Morgan fingerprint density at radius 2 is 0.909 bits per heavy atom. The summed E-state index contributed by atoms with van der Waals surface area (Å²) in [5.41, 5.74) is 2.59. The molecule has 4 aromatic rings. The Balaban J connectivity index is 1.38. The van der Waals surface area contributed by atoms with Gasteiger partial charge >= 0.3 is 11.9 Å². The zero-order chi connectivity index (χ0) is 23.2. The molecule has 0 saturated carbocycles. The second kappa shape index (κ2) is 9.70. The van der Waals surface area contributed by atoms with Crippen LogP contribution in [0.25, 0.3) is 11.1 Å². The van der Waals surface area contributed by atoms with Crippen LogP contribution in [0.1, 0.15) is 20.7 Å². The smallest absolute Gasteiger partial charge is 0.343 e. The number of esters is 2. The highest BCUT2D eigenvalue weighted by Crippen LogP contribution is 2.26. The molecule has 33 heavy (non-hydrogen) atoms. The van der Waals surface area contributed by atoms with Gasteiger partial charge < -0.3 is 19.3 Å². The lowest BCUT2D eigenvalue weighted by atomic mass is 10.1. The molecule has 164 valence electrons. The topological polar surface area (TPSA) is 82.1 Å². The van der Waals surface area contributed by atoms with Crippen LogP contribution in [0.5, 0.6) is 23.0 Å². The van der Waals surface area contributed by atoms with Crippen molar-refractivity contribution in [1.29, 1.82) is 0 Å². The quantitative estimate of drug-likeness (QED) is 0.315. The molecule has 4 aromatic carbocycles. The van der Waals surface area contributed by atoms with Crippen molar-refractivity contribution in [3.8, 4) is 34.1 Å². The standard InChI is InChI=1S/C27H20O6/c1-31-23-12-8-21(9-13-23)27(30)33-25-16-6-19(7-17-25)18-4-14-24(15-5-18)32-26(29)20-2-10-22(28)11-3-20/h2-17,28H,1H3. The molecule has 0 aliphatic carbocycles. The molecule has 0 unspecified atom stereocenters. The second-order valence-corrected chi connectivity index (χ2v) is 7.10. The van der Waals surface area contributed by atoms with Crippen molar-refractivity contribution in [3.05, 3.63) is 108 Å². The lowest BCUT2D eigenvalue weighted by molar-refractivity contribution is 0.0725. The van der Waals surface area contributed by atoms with Crippen LogP contribution in [0, 0.1) is 0 Å². The number of ether oxygens (including phenoxy) is 3. The Morgan fingerprint density at radius 3 is 1.30 bits per heavy atom. The Morgan fingerprint density at radius 1 is 0.545 bits per heavy atom. The molecule has 0 aliphatic heterocycles. The van der Waals surface area contributed by atoms with Crippen LogP contribution in [0.15, 0.2) is 97.1 Å². The van der Waals surface area contributed by atoms with Crippen LogP contribution in [0.2, 0.25) is 0 Å². The molecule has 4 rings (SSSR count). The average molecular weight is 440 g/mol. The Hall–Kier alpha value is -4.58. The molecule has 0 fully saturated rings. The van der Waals surface area contributed by atoms with E-state index < -0.39 is 11.9 Å². The van der Waals surface area contributed by atoms with E-state index in [9.17, 15) is 14.7 Å². The summed E-state index contributed by atoms with van der Waals surface area (Å²) in [6, 6.07) is 26.7. The van der Waals surface area contributed by atoms with Gasteiger partial charge in [-0.15, -0.1) is 0 Å². The summed E-state index contributed by atoms with van der Waals surface area (Å²) in [5.74, 6) is 0.617. The summed E-state index contributed by atoms with van der Waals surface area (Å²) in [6.07, 6.45) is 0. The number of benzene rings is 4. The number of hydrogen-bond donors (Lipinski definition) is 1. The summed E-state index contributed by atoms with van der Waals surface area (Å²) < 4.78 is 15.9. The molecule has 0 heterocycles. The summed E-state index contributed by atoms with van der Waals surface area (Å²) in [6.45, 7) is 0. The van der Waals surface area contributed by atoms with E-state index in [1.165, 1.54) is 24.3 Å². The SMILES string of the molecule is COc1ccc(C(=O)Oc2ccc(-c3ccc(OC(=O)c4ccc(O)cc4)cc3)cc2)cc1. The molecule has 1 N–H and O–H groups in total. The highest BCUT2D eigenvalue weighted by atomic mass is 16.5. The predicted octanol–water partition coefficient (Wildman–Crippen LogP) is 5.51. The zero-order valence-corrected chi connectivity index (χ0v) is 17.7. The van der Waals surface area contributed by atoms with Gasteiger partial charge in [-0.2, -0.15) is 0 Å². The summed E-state index contributed by atoms with van der Waals surface area (Å²) in [5, 5.41) is 9.32. The van der Waals surface area contributed by atoms with Gasteiger partial charge in [0.25, 0.3) is 0 Å². The van der Waals surface area contributed by atoms with Gasteiger partial charge in [-0.05, 0) is 83.9 Å². The van der Waals surface area contributed by atoms with Crippen LogP contribution in [0.4, 0.5) is 0 Å². The third-order valence-electron chi connectivity index (χ3n) is 4.89. The number of rotatable bonds is 6. The fourth-order valence-corrected chi connectivity index (χ4v) is 3.09. The minimum absolute atomic E-state index is 0.0809. The maximum absolute atomic E-state index is 12.3. The van der Waals surface area contributed by atoms with Crippen molar-refractivity contribution in [2.24, 2.45) is 0 Å². The van der Waals surface area contributed by atoms with Crippen molar-refractivity contribution in [3.63, 3.8) is 0 Å². The van der Waals surface area contributed by atoms with Crippen LogP contribution in [-0.2, 0) is 0 Å². The molecular formula is C27H20O6. The Bertz CT molecular complexity index is 1240. The predicted molar refractivity (Wildman–Crippen MR) is 123 cm³/mol. The lowest BCUT2D eigenvalue weighted by Crippen LogP contribution is -2.08. The van der Waals surface area contributed by atoms with Crippen LogP contribution >= 0.6 is 0 Å². The molecule has 0 bridgehead atoms. The first-order chi connectivity index (χ1) is 16.0. The van der Waals surface area contributed by atoms with E-state index >= 15 is 0 Å². The van der Waals surface area contributed by atoms with Crippen LogP contribution in [-0.4, -0.2) is 24.2 Å². The van der Waals surface area contributed by atoms with Crippen molar-refractivity contribution >= 4 is 11.9 Å². The minimum Gasteiger partial charge on any atom is -0.508 e. The van der Waals surface area contributed by atoms with Crippen molar-refractivity contribution < 1.29 is 28.9 Å². The monoisotopic (exact) mass is 440 g/mol. The van der Waals surface area contributed by atoms with E-state index in [0.29, 0.717) is 28.4 Å². The molecule has 0 radical (unpaired) electrons. The number of phenols is 1. The minimum atomic E-state index is -0.509. The molecule has 0 aromatic heterocycles. The van der Waals surface area contributed by atoms with E-state index in [1.54, 1.807) is 55.6 Å². The van der Waals surface area contributed by atoms with E-state index in [0.717, 1.165) is 11.1 Å². The van der Waals surface area contributed by atoms with Gasteiger partial charge in [0.15, 0.2) is 0 Å². The van der Waals surface area contributed by atoms with Gasteiger partial charge in [0, 0.05) is 0 Å². The molecule has 0 saturated heterocycles. The maximum Gasteiger partial charge on any atom is 0.343 e. The summed E-state index contributed by atoms with van der Waals surface area (Å²) in [4.78, 5) is 24.5. The highest BCUT2D eigenvalue weighted by molar-refractivity contribution is 5.91. The third-order valence-corrected chi connectivity index (χ3v) is 4.89. The number of phenolic OH excluding ortho intramolecular Hbond substituents is 1. The van der Waals surface area contributed by atoms with Crippen LogP contribution < -0.4 is 14.2 Å². The van der Waals surface area contributed by atoms with Gasteiger partial charge in [0.1, 0.15) is 23.0 Å². The van der Waals surface area contributed by atoms with Gasteiger partial charge in [0.2, 0.25) is 0 Å². The van der Waals surface area contributed by atoms with Crippen molar-refractivity contribution in [2.75, 3.05) is 7.11 Å². The third kappa shape index (κ3) is 5.37. The Labute approximate surface area is 190 Å². The maximum atomic E-state index is 12.3. The fourth-order valence-electron chi connectivity index (χ4n) is 3.09. The van der Waals surface area contributed by atoms with E-state index in [1.807, 2.05) is 24.3 Å². The number of aromatic hydroxyl groups is 1. The highest BCUT2D eigenvalue weighted by Gasteiger charge is 2.10. The van der Waals surface area contributed by atoms with Gasteiger partial charge in [-0.1, -0.05) is 24.3 Å².